The molecule has 0 atom stereocenters. The molecule has 0 spiro atoms. The predicted octanol–water partition coefficient (Wildman–Crippen LogP) is 2.48. The van der Waals surface area contributed by atoms with Gasteiger partial charge in [-0.05, 0) is 24.7 Å². The lowest BCUT2D eigenvalue weighted by atomic mass is 10.1. The van der Waals surface area contributed by atoms with E-state index in [0.717, 1.165) is 24.4 Å². The fourth-order valence-electron chi connectivity index (χ4n) is 1.44. The average molecular weight is 232 g/mol. The molecule has 0 fully saturated rings. The molecule has 0 aliphatic carbocycles. The van der Waals surface area contributed by atoms with Crippen LogP contribution in [0.25, 0.3) is 0 Å². The molecule has 0 aliphatic heterocycles. The Morgan fingerprint density at radius 1 is 1.44 bits per heavy atom. The van der Waals surface area contributed by atoms with Crippen LogP contribution in [0.4, 0.5) is 0 Å². The van der Waals surface area contributed by atoms with Crippen LogP contribution in [0.5, 0.6) is 0 Å². The molecule has 0 aromatic heterocycles. The zero-order valence-electron chi connectivity index (χ0n) is 9.43. The number of benzene rings is 1. The molecular formula is C13H16N2S. The Morgan fingerprint density at radius 3 is 2.94 bits per heavy atom. The minimum absolute atomic E-state index is 0.719. The largest absolute Gasteiger partial charge is 0.298 e. The lowest BCUT2D eigenvalue weighted by molar-refractivity contribution is 0.363. The molecule has 84 valence electrons. The standard InChI is InChI=1S/C13H16N2S/c1-15(7-2-3-8-16)11-13-6-4-5-12(9-13)10-14/h2-6,9,16H,7-8,11H2,1H3. The topological polar surface area (TPSA) is 27.0 Å². The maximum atomic E-state index is 8.79. The van der Waals surface area contributed by atoms with Crippen LogP contribution < -0.4 is 0 Å². The van der Waals surface area contributed by atoms with E-state index in [9.17, 15) is 0 Å². The molecule has 2 nitrogen and oxygen atoms in total. The summed E-state index contributed by atoms with van der Waals surface area (Å²) in [5.41, 5.74) is 1.89. The molecule has 0 unspecified atom stereocenters. The highest BCUT2D eigenvalue weighted by atomic mass is 32.1. The Morgan fingerprint density at radius 2 is 2.25 bits per heavy atom. The molecule has 0 radical (unpaired) electrons. The SMILES string of the molecule is CN(CC=CCS)Cc1cccc(C#N)c1. The van der Waals surface area contributed by atoms with Crippen molar-refractivity contribution in [1.29, 1.82) is 5.26 Å². The van der Waals surface area contributed by atoms with Crippen molar-refractivity contribution < 1.29 is 0 Å². The summed E-state index contributed by atoms with van der Waals surface area (Å²) in [7, 11) is 2.06. The quantitative estimate of drug-likeness (QED) is 0.623. The summed E-state index contributed by atoms with van der Waals surface area (Å²) in [6.07, 6.45) is 4.13. The molecule has 0 saturated heterocycles. The van der Waals surface area contributed by atoms with E-state index in [1.807, 2.05) is 30.3 Å². The monoisotopic (exact) mass is 232 g/mol. The van der Waals surface area contributed by atoms with E-state index in [-0.39, 0.29) is 0 Å². The normalized spacial score (nSPS) is 10.9. The van der Waals surface area contributed by atoms with E-state index in [1.54, 1.807) is 0 Å². The van der Waals surface area contributed by atoms with Gasteiger partial charge in [-0.1, -0.05) is 24.3 Å². The molecular weight excluding hydrogens is 216 g/mol. The van der Waals surface area contributed by atoms with E-state index >= 15 is 0 Å². The van der Waals surface area contributed by atoms with Gasteiger partial charge in [0, 0.05) is 18.8 Å². The first kappa shape index (κ1) is 12.8. The second kappa shape index (κ2) is 7.10. The first-order valence-electron chi connectivity index (χ1n) is 5.19. The van der Waals surface area contributed by atoms with Gasteiger partial charge in [0.2, 0.25) is 0 Å². The summed E-state index contributed by atoms with van der Waals surface area (Å²) >= 11 is 4.11. The van der Waals surface area contributed by atoms with Crippen molar-refractivity contribution in [3.63, 3.8) is 0 Å². The first-order valence-corrected chi connectivity index (χ1v) is 5.83. The van der Waals surface area contributed by atoms with Gasteiger partial charge in [-0.3, -0.25) is 4.90 Å². The third kappa shape index (κ3) is 4.52. The third-order valence-electron chi connectivity index (χ3n) is 2.20. The van der Waals surface area contributed by atoms with Gasteiger partial charge in [-0.25, -0.2) is 0 Å². The van der Waals surface area contributed by atoms with E-state index in [0.29, 0.717) is 0 Å². The van der Waals surface area contributed by atoms with Crippen molar-refractivity contribution >= 4 is 12.6 Å². The zero-order valence-corrected chi connectivity index (χ0v) is 10.3. The zero-order chi connectivity index (χ0) is 11.8. The number of hydrogen-bond donors (Lipinski definition) is 1. The van der Waals surface area contributed by atoms with Crippen molar-refractivity contribution in [2.75, 3.05) is 19.3 Å². The van der Waals surface area contributed by atoms with Crippen LogP contribution in [0.15, 0.2) is 36.4 Å². The van der Waals surface area contributed by atoms with Crippen LogP contribution in [0, 0.1) is 11.3 Å². The summed E-state index contributed by atoms with van der Waals surface area (Å²) in [4.78, 5) is 2.19. The second-order valence-electron chi connectivity index (χ2n) is 3.66. The summed E-state index contributed by atoms with van der Waals surface area (Å²) < 4.78 is 0. The van der Waals surface area contributed by atoms with Gasteiger partial charge in [-0.2, -0.15) is 17.9 Å². The molecule has 1 aromatic carbocycles. The Kier molecular flexibility index (Phi) is 5.69. The lowest BCUT2D eigenvalue weighted by Gasteiger charge is -2.14. The van der Waals surface area contributed by atoms with Crippen LogP contribution in [0.1, 0.15) is 11.1 Å². The van der Waals surface area contributed by atoms with Crippen LogP contribution in [0.2, 0.25) is 0 Å². The number of likely N-dealkylation sites (N-methyl/N-ethyl adjacent to an activating group) is 1. The molecule has 0 aliphatic rings. The van der Waals surface area contributed by atoms with Gasteiger partial charge < -0.3 is 0 Å². The molecule has 0 bridgehead atoms. The molecule has 3 heteroatoms. The second-order valence-corrected chi connectivity index (χ2v) is 4.03. The Hall–Kier alpha value is -1.24. The molecule has 0 amide bonds. The van der Waals surface area contributed by atoms with Crippen LogP contribution >= 0.6 is 12.6 Å². The molecule has 1 rings (SSSR count). The maximum absolute atomic E-state index is 8.79. The summed E-state index contributed by atoms with van der Waals surface area (Å²) in [6.45, 7) is 1.75. The van der Waals surface area contributed by atoms with E-state index < -0.39 is 0 Å². The molecule has 16 heavy (non-hydrogen) atoms. The Labute approximate surface area is 103 Å². The molecule has 1 aromatic rings. The summed E-state index contributed by atoms with van der Waals surface area (Å²) in [5.74, 6) is 0.776. The predicted molar refractivity (Wildman–Crippen MR) is 70.5 cm³/mol. The Bertz CT molecular complexity index is 393. The van der Waals surface area contributed by atoms with Gasteiger partial charge in [0.05, 0.1) is 11.6 Å². The number of nitrogens with zero attached hydrogens (tertiary/aromatic N) is 2. The van der Waals surface area contributed by atoms with E-state index in [2.05, 4.69) is 36.7 Å². The fraction of sp³-hybridized carbons (Fsp3) is 0.308. The van der Waals surface area contributed by atoms with Crippen LogP contribution in [0.3, 0.4) is 0 Å². The van der Waals surface area contributed by atoms with Gasteiger partial charge in [0.15, 0.2) is 0 Å². The van der Waals surface area contributed by atoms with Crippen molar-refractivity contribution in [3.05, 3.63) is 47.5 Å². The maximum Gasteiger partial charge on any atom is 0.0991 e. The molecule has 0 N–H and O–H groups in total. The third-order valence-corrected chi connectivity index (χ3v) is 2.41. The van der Waals surface area contributed by atoms with Crippen molar-refractivity contribution in [2.45, 2.75) is 6.54 Å². The summed E-state index contributed by atoms with van der Waals surface area (Å²) in [5, 5.41) is 8.79. The lowest BCUT2D eigenvalue weighted by Crippen LogP contribution is -2.17. The highest BCUT2D eigenvalue weighted by Crippen LogP contribution is 2.06. The molecule has 0 heterocycles. The smallest absolute Gasteiger partial charge is 0.0991 e. The minimum Gasteiger partial charge on any atom is -0.298 e. The van der Waals surface area contributed by atoms with Crippen molar-refractivity contribution in [3.8, 4) is 6.07 Å². The molecule has 0 saturated carbocycles. The fourth-order valence-corrected chi connectivity index (χ4v) is 1.59. The van der Waals surface area contributed by atoms with Gasteiger partial charge >= 0.3 is 0 Å². The highest BCUT2D eigenvalue weighted by molar-refractivity contribution is 7.80. The average Bonchev–Trinajstić information content (AvgIpc) is 2.29. The Balaban J connectivity index is 2.52. The van der Waals surface area contributed by atoms with Crippen LogP contribution in [-0.2, 0) is 6.54 Å². The van der Waals surface area contributed by atoms with E-state index in [4.69, 9.17) is 5.26 Å². The first-order chi connectivity index (χ1) is 7.76. The number of rotatable bonds is 5. The van der Waals surface area contributed by atoms with Gasteiger partial charge in [-0.15, -0.1) is 0 Å². The number of thiol groups is 1. The number of hydrogen-bond acceptors (Lipinski definition) is 3. The van der Waals surface area contributed by atoms with E-state index in [1.165, 1.54) is 5.56 Å². The van der Waals surface area contributed by atoms with Gasteiger partial charge in [0.25, 0.3) is 0 Å². The number of nitriles is 1. The van der Waals surface area contributed by atoms with Gasteiger partial charge in [0.1, 0.15) is 0 Å². The van der Waals surface area contributed by atoms with Crippen molar-refractivity contribution in [1.82, 2.24) is 4.90 Å². The van der Waals surface area contributed by atoms with Crippen LogP contribution in [-0.4, -0.2) is 24.2 Å². The summed E-state index contributed by atoms with van der Waals surface area (Å²) in [6, 6.07) is 9.87. The van der Waals surface area contributed by atoms with Crippen molar-refractivity contribution in [2.24, 2.45) is 0 Å². The minimum atomic E-state index is 0.719. The highest BCUT2D eigenvalue weighted by Gasteiger charge is 1.99.